The molecule has 13 atom stereocenters. The van der Waals surface area contributed by atoms with Crippen LogP contribution in [-0.4, -0.2) is 248 Å². The van der Waals surface area contributed by atoms with E-state index in [-0.39, 0.29) is 37.2 Å². The number of ketones is 1. The number of nitrogen functional groups attached to an aromatic ring is 1. The number of Topliss-reactive ketones (excluding diaryl/α,β-unsaturated/α-hetero) is 1. The number of ether oxygens (including phenoxy) is 2. The van der Waals surface area contributed by atoms with Gasteiger partial charge in [0.2, 0.25) is 76.8 Å². The lowest BCUT2D eigenvalue weighted by Gasteiger charge is -2.30. The molecule has 115 heavy (non-hydrogen) atoms. The van der Waals surface area contributed by atoms with Crippen LogP contribution in [0, 0.1) is 11.7 Å². The van der Waals surface area contributed by atoms with Crippen LogP contribution in [0.3, 0.4) is 0 Å². The highest BCUT2D eigenvalue weighted by atomic mass is 19.1. The van der Waals surface area contributed by atoms with E-state index in [9.17, 15) is 126 Å². The average molecular weight is 1620 g/mol. The van der Waals surface area contributed by atoms with Crippen molar-refractivity contribution >= 4 is 135 Å². The zero-order valence-electron chi connectivity index (χ0n) is 61.7. The molecule has 44 nitrogen and oxygen atoms in total. The number of amides is 14. The van der Waals surface area contributed by atoms with Crippen molar-refractivity contribution in [3.05, 3.63) is 102 Å². The number of hydrogen-bond donors (Lipinski definition) is 22. The summed E-state index contributed by atoms with van der Waals surface area (Å²) < 4.78 is 25.1. The Labute approximate surface area is 650 Å². The van der Waals surface area contributed by atoms with Crippen LogP contribution in [-0.2, 0) is 109 Å². The van der Waals surface area contributed by atoms with Crippen LogP contribution in [0.5, 0.6) is 0 Å². The van der Waals surface area contributed by atoms with E-state index in [1.54, 1.807) is 30.3 Å². The van der Waals surface area contributed by atoms with Gasteiger partial charge in [0.25, 0.3) is 0 Å². The maximum Gasteiger partial charge on any atom is 0.407 e. The van der Waals surface area contributed by atoms with E-state index in [0.717, 1.165) is 32.9 Å². The molecule has 25 N–H and O–H groups in total. The molecule has 1 fully saturated rings. The number of rotatable bonds is 29. The molecule has 3 aromatic carbocycles. The number of benzene rings is 3. The highest BCUT2D eigenvalue weighted by Gasteiger charge is 2.41. The number of aliphatic hydroxyl groups excluding tert-OH is 1. The molecule has 1 aliphatic heterocycles. The third-order valence-corrected chi connectivity index (χ3v) is 17.1. The first kappa shape index (κ1) is 91.9. The predicted molar refractivity (Wildman–Crippen MR) is 389 cm³/mol. The number of esters is 1. The number of para-hydroxylation sites is 1. The number of carbonyl (C=O) groups is 20. The van der Waals surface area contributed by atoms with Gasteiger partial charge in [-0.3, -0.25) is 86.3 Å². The number of primary amides is 1. The third-order valence-electron chi connectivity index (χ3n) is 17.1. The number of halogens is 1. The molecule has 0 spiro atoms. The fourth-order valence-corrected chi connectivity index (χ4v) is 11.1. The fourth-order valence-electron chi connectivity index (χ4n) is 11.1. The smallest absolute Gasteiger partial charge is 0.407 e. The van der Waals surface area contributed by atoms with Gasteiger partial charge in [-0.1, -0.05) is 49.4 Å². The maximum absolute atomic E-state index is 14.8. The first-order valence-electron chi connectivity index (χ1n) is 35.1. The Balaban J connectivity index is 1.61. The molecule has 2 heterocycles. The fraction of sp³-hybridized carbons (Fsp3) is 0.429. The number of nitrogens with one attached hydrogen (secondary N) is 14. The summed E-state index contributed by atoms with van der Waals surface area (Å²) in [6.45, 7) is -1.50. The number of anilines is 1. The lowest BCUT2D eigenvalue weighted by Crippen LogP contribution is -2.61. The SMILES string of the molecule is C[C@H](CC(=O)O)[C@@H]1NC(=O)[C@@H](CO)NC(=O)CNC(=O)[C@H](CC(=O)O)NC(=O)[C@@H](C)NC(=O)[C@H](CC(=O)O)NC(=O)[C@H](CCCNC(=O)OCc2ccccc2)NC(=O)CNC(=O)[C@@H](NC(=O)[C@H](CC(=O)O)NC(=O)[C@@H](CC(N)=O)NC(=O)[C@@H](N)Cc2c[nH]c3ccc(F)cc23)[C@@H](C)OC(=O)[C@H](CC(=O)c2ccccc2N)NC1=O. The van der Waals surface area contributed by atoms with Gasteiger partial charge in [0.05, 0.1) is 57.8 Å². The van der Waals surface area contributed by atoms with Crippen LogP contribution in [0.4, 0.5) is 14.9 Å². The highest BCUT2D eigenvalue weighted by molar-refractivity contribution is 6.05. The quantitative estimate of drug-likeness (QED) is 0.0104. The number of carbonyl (C=O) groups excluding carboxylic acids is 16. The number of carboxylic acid groups (broad SMARTS) is 4. The molecule has 14 amide bonds. The normalized spacial score (nSPS) is 21.1. The van der Waals surface area contributed by atoms with Crippen molar-refractivity contribution in [2.24, 2.45) is 17.4 Å². The number of aliphatic carboxylic acids is 4. The third kappa shape index (κ3) is 30.1. The molecular formula is C70H88FN17O27. The van der Waals surface area contributed by atoms with Crippen molar-refractivity contribution in [1.29, 1.82) is 0 Å². The first-order chi connectivity index (χ1) is 54.2. The number of aromatic amines is 1. The topological polar surface area (TPSA) is 711 Å². The number of aromatic nitrogens is 1. The van der Waals surface area contributed by atoms with Gasteiger partial charge in [-0.2, -0.15) is 0 Å². The zero-order chi connectivity index (χ0) is 85.5. The summed E-state index contributed by atoms with van der Waals surface area (Å²) in [5.74, 6) is -30.6. The van der Waals surface area contributed by atoms with E-state index < -0.39 is 267 Å². The predicted octanol–water partition coefficient (Wildman–Crippen LogP) is -6.81. The number of alkyl carbamates (subject to hydrolysis) is 1. The first-order valence-corrected chi connectivity index (χ1v) is 35.1. The summed E-state index contributed by atoms with van der Waals surface area (Å²) in [5.41, 5.74) is 18.5. The average Bonchev–Trinajstić information content (AvgIpc) is 1.71. The number of cyclic esters (lactones) is 1. The van der Waals surface area contributed by atoms with Crippen LogP contribution in [0.15, 0.2) is 79.0 Å². The summed E-state index contributed by atoms with van der Waals surface area (Å²) in [6.07, 6.45) is -10.1. The van der Waals surface area contributed by atoms with Gasteiger partial charge in [-0.05, 0) is 80.5 Å². The van der Waals surface area contributed by atoms with E-state index in [0.29, 0.717) is 22.0 Å². The van der Waals surface area contributed by atoms with Crippen molar-refractivity contribution in [2.75, 3.05) is 32.0 Å². The number of H-pyrrole nitrogens is 1. The molecule has 0 bridgehead atoms. The minimum absolute atomic E-state index is 0.204. The molecule has 1 aliphatic rings. The van der Waals surface area contributed by atoms with E-state index in [4.69, 9.17) is 26.7 Å². The molecule has 4 aromatic rings. The molecule has 0 aliphatic carbocycles. The molecule has 0 unspecified atom stereocenters. The van der Waals surface area contributed by atoms with Gasteiger partial charge < -0.3 is 126 Å². The molecular weight excluding hydrogens is 1530 g/mol. The lowest BCUT2D eigenvalue weighted by molar-refractivity contribution is -0.156. The summed E-state index contributed by atoms with van der Waals surface area (Å²) in [4.78, 5) is 274. The second-order valence-electron chi connectivity index (χ2n) is 26.2. The van der Waals surface area contributed by atoms with Crippen molar-refractivity contribution in [3.63, 3.8) is 0 Å². The summed E-state index contributed by atoms with van der Waals surface area (Å²) in [7, 11) is 0. The van der Waals surface area contributed by atoms with Crippen LogP contribution < -0.4 is 86.3 Å². The van der Waals surface area contributed by atoms with Gasteiger partial charge >= 0.3 is 35.9 Å². The molecule has 622 valence electrons. The van der Waals surface area contributed by atoms with Gasteiger partial charge in [0.15, 0.2) is 5.78 Å². The second kappa shape index (κ2) is 44.3. The molecule has 5 rings (SSSR count). The van der Waals surface area contributed by atoms with Gasteiger partial charge in [0, 0.05) is 41.3 Å². The van der Waals surface area contributed by atoms with E-state index in [2.05, 4.69) is 52.8 Å². The van der Waals surface area contributed by atoms with Gasteiger partial charge in [-0.15, -0.1) is 0 Å². The van der Waals surface area contributed by atoms with E-state index in [1.807, 2.05) is 21.3 Å². The standard InChI is InChI=1S/C70H88FN17O27/c1-31(18-53(94)95)57-68(111)86-47(21-49(90)37-12-7-8-13-39(37)72)69(112)115-33(3)58(88-65(108)46(25-56(100)101)85-64(107)43(22-50(74)91)83-60(103)40(73)19-35-26-76-41-16-15-36(71)20-38(35)41)67(110)78-28-51(92)80-42(14-9-17-75-70(113)114-30-34-10-5-4-6-11-34)62(105)84-45(24-55(98)99)63(106)79-32(2)59(102)82-44(23-54(96)97)61(104)77-27-52(93)81-48(29-89)66(109)87-57/h4-8,10-13,15-16,20,26,31-33,40,42-48,57-58,76,89H,9,14,17-19,21-25,27-30,72-73H2,1-3H3,(H2,74,91)(H,75,113)(H,77,104)(H,78,110)(H,79,106)(H,80,92)(H,81,93)(H,82,102)(H,83,103)(H,84,105)(H,85,107)(H,86,111)(H,87,109)(H,88,108)(H,94,95)(H,96,97)(H,98,99)(H,100,101)/t31-,32-,33-,40+,42+,43-,44+,45+,46+,47+,48-,57+,58+/m1/s1. The number of carboxylic acids is 4. The molecule has 0 radical (unpaired) electrons. The molecule has 1 saturated heterocycles. The van der Waals surface area contributed by atoms with Crippen molar-refractivity contribution in [1.82, 2.24) is 74.1 Å². The Morgan fingerprint density at radius 3 is 1.79 bits per heavy atom. The monoisotopic (exact) mass is 1620 g/mol. The summed E-state index contributed by atoms with van der Waals surface area (Å²) >= 11 is 0. The Bertz CT molecular complexity index is 4320. The lowest BCUT2D eigenvalue weighted by atomic mass is 9.96. The Morgan fingerprint density at radius 2 is 1.17 bits per heavy atom. The Kier molecular flexibility index (Phi) is 35.4. The second-order valence-corrected chi connectivity index (χ2v) is 26.2. The van der Waals surface area contributed by atoms with Crippen molar-refractivity contribution < 1.29 is 135 Å². The Hall–Kier alpha value is -13.8. The van der Waals surface area contributed by atoms with Gasteiger partial charge in [0.1, 0.15) is 78.9 Å². The van der Waals surface area contributed by atoms with E-state index in [1.165, 1.54) is 36.5 Å². The minimum Gasteiger partial charge on any atom is -0.481 e. The van der Waals surface area contributed by atoms with Crippen LogP contribution in [0.1, 0.15) is 93.6 Å². The number of aliphatic hydroxyl groups is 1. The van der Waals surface area contributed by atoms with Gasteiger partial charge in [-0.25, -0.2) is 14.0 Å². The molecule has 45 heteroatoms. The molecule has 0 saturated carbocycles. The van der Waals surface area contributed by atoms with E-state index >= 15 is 0 Å². The van der Waals surface area contributed by atoms with Crippen LogP contribution in [0.2, 0.25) is 0 Å². The zero-order valence-corrected chi connectivity index (χ0v) is 61.7. The Morgan fingerprint density at radius 1 is 0.609 bits per heavy atom. The van der Waals surface area contributed by atoms with Crippen molar-refractivity contribution in [2.45, 2.75) is 158 Å². The highest BCUT2D eigenvalue weighted by Crippen LogP contribution is 2.22. The van der Waals surface area contributed by atoms with Crippen molar-refractivity contribution in [3.8, 4) is 0 Å². The number of fused-ring (bicyclic) bond motifs is 1. The maximum atomic E-state index is 14.8. The number of hydrogen-bond acceptors (Lipinski definition) is 25. The van der Waals surface area contributed by atoms with Crippen LogP contribution in [0.25, 0.3) is 10.9 Å². The summed E-state index contributed by atoms with van der Waals surface area (Å²) in [6, 6.07) is -6.07. The summed E-state index contributed by atoms with van der Waals surface area (Å²) in [5, 5.41) is 77.6. The molecule has 1 aromatic heterocycles. The minimum atomic E-state index is -2.49. The van der Waals surface area contributed by atoms with Crippen LogP contribution >= 0.6 is 0 Å². The largest absolute Gasteiger partial charge is 0.481 e. The number of nitrogens with two attached hydrogens (primary N) is 3.